The molecule has 0 unspecified atom stereocenters. The van der Waals surface area contributed by atoms with Crippen LogP contribution in [0.1, 0.15) is 53.7 Å². The van der Waals surface area contributed by atoms with E-state index in [0.29, 0.717) is 21.7 Å². The van der Waals surface area contributed by atoms with Crippen molar-refractivity contribution in [2.45, 2.75) is 45.5 Å². The second kappa shape index (κ2) is 13.7. The summed E-state index contributed by atoms with van der Waals surface area (Å²) in [5.74, 6) is -1.63. The Balaban J connectivity index is 1.41. The summed E-state index contributed by atoms with van der Waals surface area (Å²) in [6.45, 7) is 5.01. The van der Waals surface area contributed by atoms with Gasteiger partial charge in [-0.2, -0.15) is 0 Å². The van der Waals surface area contributed by atoms with Crippen LogP contribution in [0.2, 0.25) is 0 Å². The summed E-state index contributed by atoms with van der Waals surface area (Å²) < 4.78 is 11.7. The van der Waals surface area contributed by atoms with E-state index in [1.807, 2.05) is 12.1 Å². The first-order chi connectivity index (χ1) is 20.5. The van der Waals surface area contributed by atoms with Gasteiger partial charge >= 0.3 is 12.1 Å². The Labute approximate surface area is 251 Å². The number of aromatic nitrogens is 1. The number of nitrogens with zero attached hydrogens (tertiary/aromatic N) is 2. The molecule has 0 aliphatic carbocycles. The van der Waals surface area contributed by atoms with Crippen LogP contribution in [-0.4, -0.2) is 40.2 Å². The van der Waals surface area contributed by atoms with Gasteiger partial charge in [-0.15, -0.1) is 21.5 Å². The number of thiophene rings is 1. The van der Waals surface area contributed by atoms with Crippen molar-refractivity contribution >= 4 is 44.4 Å². The largest absolute Gasteiger partial charge is 0.457 e. The predicted molar refractivity (Wildman–Crippen MR) is 159 cm³/mol. The van der Waals surface area contributed by atoms with Crippen LogP contribution in [0.15, 0.2) is 73.1 Å². The Hall–Kier alpha value is -5.04. The summed E-state index contributed by atoms with van der Waals surface area (Å²) >= 11 is 1.40. The van der Waals surface area contributed by atoms with Crippen molar-refractivity contribution in [1.29, 1.82) is 0 Å². The number of ether oxygens (including phenoxy) is 2. The summed E-state index contributed by atoms with van der Waals surface area (Å²) in [6.07, 6.45) is 2.77. The molecule has 2 aromatic carbocycles. The average molecular weight is 607 g/mol. The zero-order chi connectivity index (χ0) is 31.0. The molecule has 2 heterocycles. The zero-order valence-corrected chi connectivity index (χ0v) is 24.5. The number of carbonyl (C=O) groups is 3. The van der Waals surface area contributed by atoms with Gasteiger partial charge in [0.2, 0.25) is 5.91 Å². The molecule has 2 N–H and O–H groups in total. The lowest BCUT2D eigenvalue weighted by Crippen LogP contribution is -2.37. The van der Waals surface area contributed by atoms with E-state index in [0.717, 1.165) is 10.1 Å². The SMILES string of the molecule is CC(C)(C)OC(=O)NC[C@@H](C(=O)Nc1cc2ccncc2s1)c1ccc(COC(=O)c2ccc(CO[N+](=O)[O-])cc2)cc1. The van der Waals surface area contributed by atoms with Crippen molar-refractivity contribution in [3.8, 4) is 0 Å². The Kier molecular flexibility index (Phi) is 9.88. The van der Waals surface area contributed by atoms with Crippen LogP contribution in [0, 0.1) is 10.1 Å². The molecule has 4 rings (SSSR count). The molecule has 2 aromatic heterocycles. The standard InChI is InChI=1S/C30H30N4O8S/c1-30(2,3)42-29(37)32-15-24(27(35)33-26-14-23-12-13-31-16-25(23)43-26)21-8-4-19(5-9-21)17-40-28(36)22-10-6-20(7-11-22)18-41-34(38)39/h4-14,16,24H,15,17-18H2,1-3H3,(H,32,37)(H,33,35)/t24-/m1/s1. The molecule has 1 atom stereocenters. The molecule has 0 aliphatic heterocycles. The van der Waals surface area contributed by atoms with Crippen LogP contribution in [0.25, 0.3) is 10.1 Å². The van der Waals surface area contributed by atoms with E-state index in [2.05, 4.69) is 20.5 Å². The number of alkyl carbamates (subject to hydrolysis) is 1. The number of fused-ring (bicyclic) bond motifs is 1. The highest BCUT2D eigenvalue weighted by molar-refractivity contribution is 7.22. The third-order valence-electron chi connectivity index (χ3n) is 6.01. The molecular formula is C30H30N4O8S. The highest BCUT2D eigenvalue weighted by Gasteiger charge is 2.24. The monoisotopic (exact) mass is 606 g/mol. The highest BCUT2D eigenvalue weighted by Crippen LogP contribution is 2.30. The fourth-order valence-electron chi connectivity index (χ4n) is 3.96. The third-order valence-corrected chi connectivity index (χ3v) is 7.01. The first-order valence-corrected chi connectivity index (χ1v) is 14.0. The Morgan fingerprint density at radius 3 is 2.33 bits per heavy atom. The predicted octanol–water partition coefficient (Wildman–Crippen LogP) is 5.61. The summed E-state index contributed by atoms with van der Waals surface area (Å²) in [4.78, 5) is 57.0. The Morgan fingerprint density at radius 1 is 1.00 bits per heavy atom. The Bertz CT molecular complexity index is 1560. The lowest BCUT2D eigenvalue weighted by atomic mass is 9.97. The minimum Gasteiger partial charge on any atom is -0.457 e. The molecular weight excluding hydrogens is 576 g/mol. The highest BCUT2D eigenvalue weighted by atomic mass is 32.1. The topological polar surface area (TPSA) is 159 Å². The average Bonchev–Trinajstić information content (AvgIpc) is 3.37. The van der Waals surface area contributed by atoms with Gasteiger partial charge in [0.1, 0.15) is 18.8 Å². The third kappa shape index (κ3) is 9.23. The minimum atomic E-state index is -0.886. The Morgan fingerprint density at radius 2 is 1.67 bits per heavy atom. The molecule has 43 heavy (non-hydrogen) atoms. The van der Waals surface area contributed by atoms with Crippen molar-refractivity contribution in [1.82, 2.24) is 10.3 Å². The lowest BCUT2D eigenvalue weighted by molar-refractivity contribution is -0.763. The molecule has 2 amide bonds. The van der Waals surface area contributed by atoms with Gasteiger partial charge in [-0.05, 0) is 67.1 Å². The summed E-state index contributed by atoms with van der Waals surface area (Å²) in [6, 6.07) is 16.8. The van der Waals surface area contributed by atoms with Gasteiger partial charge in [0.05, 0.1) is 21.2 Å². The van der Waals surface area contributed by atoms with Crippen LogP contribution in [0.4, 0.5) is 9.80 Å². The molecule has 0 saturated heterocycles. The fourth-order valence-corrected chi connectivity index (χ4v) is 4.89. The molecule has 0 spiro atoms. The van der Waals surface area contributed by atoms with E-state index >= 15 is 0 Å². The second-order valence-electron chi connectivity index (χ2n) is 10.5. The van der Waals surface area contributed by atoms with Gasteiger partial charge < -0.3 is 24.9 Å². The maximum atomic E-state index is 13.4. The van der Waals surface area contributed by atoms with Crippen molar-refractivity contribution in [2.24, 2.45) is 0 Å². The maximum absolute atomic E-state index is 13.4. The summed E-state index contributed by atoms with van der Waals surface area (Å²) in [5, 5.41) is 16.7. The molecule has 0 radical (unpaired) electrons. The number of rotatable bonds is 11. The van der Waals surface area contributed by atoms with E-state index in [4.69, 9.17) is 9.47 Å². The fraction of sp³-hybridized carbons (Fsp3) is 0.267. The smallest absolute Gasteiger partial charge is 0.407 e. The number of carbonyl (C=O) groups excluding carboxylic acids is 3. The molecule has 0 fully saturated rings. The normalized spacial score (nSPS) is 11.8. The maximum Gasteiger partial charge on any atom is 0.407 e. The quantitative estimate of drug-likeness (QED) is 0.126. The van der Waals surface area contributed by atoms with E-state index in [9.17, 15) is 24.5 Å². The van der Waals surface area contributed by atoms with E-state index < -0.39 is 28.7 Å². The molecule has 13 heteroatoms. The molecule has 0 aliphatic rings. The number of amides is 2. The molecule has 0 saturated carbocycles. The minimum absolute atomic E-state index is 0.00969. The van der Waals surface area contributed by atoms with Gasteiger partial charge in [-0.25, -0.2) is 9.59 Å². The molecule has 0 bridgehead atoms. The van der Waals surface area contributed by atoms with E-state index in [1.165, 1.54) is 23.5 Å². The first-order valence-electron chi connectivity index (χ1n) is 13.2. The lowest BCUT2D eigenvalue weighted by Gasteiger charge is -2.22. The second-order valence-corrected chi connectivity index (χ2v) is 11.5. The van der Waals surface area contributed by atoms with Gasteiger partial charge in [0.25, 0.3) is 5.09 Å². The van der Waals surface area contributed by atoms with Gasteiger partial charge in [-0.1, -0.05) is 36.4 Å². The van der Waals surface area contributed by atoms with Crippen LogP contribution in [0.3, 0.4) is 0 Å². The van der Waals surface area contributed by atoms with Crippen LogP contribution in [0.5, 0.6) is 0 Å². The van der Waals surface area contributed by atoms with Gasteiger partial charge in [0.15, 0.2) is 0 Å². The number of esters is 1. The number of anilines is 1. The molecule has 4 aromatic rings. The first kappa shape index (κ1) is 30.9. The van der Waals surface area contributed by atoms with Crippen molar-refractivity contribution in [2.75, 3.05) is 11.9 Å². The van der Waals surface area contributed by atoms with Crippen molar-refractivity contribution in [3.63, 3.8) is 0 Å². The van der Waals surface area contributed by atoms with Crippen molar-refractivity contribution in [3.05, 3.63) is 105 Å². The number of benzene rings is 2. The van der Waals surface area contributed by atoms with Crippen LogP contribution in [-0.2, 0) is 32.3 Å². The van der Waals surface area contributed by atoms with E-state index in [-0.39, 0.29) is 31.2 Å². The summed E-state index contributed by atoms with van der Waals surface area (Å²) in [7, 11) is 0. The van der Waals surface area contributed by atoms with Crippen molar-refractivity contribution < 1.29 is 33.8 Å². The number of hydrogen-bond donors (Lipinski definition) is 2. The molecule has 224 valence electrons. The summed E-state index contributed by atoms with van der Waals surface area (Å²) in [5.41, 5.74) is 1.44. The molecule has 12 nitrogen and oxygen atoms in total. The zero-order valence-electron chi connectivity index (χ0n) is 23.7. The number of pyridine rings is 1. The van der Waals surface area contributed by atoms with Crippen LogP contribution >= 0.6 is 11.3 Å². The number of hydrogen-bond acceptors (Lipinski definition) is 10. The van der Waals surface area contributed by atoms with Gasteiger partial charge in [-0.3, -0.25) is 9.78 Å². The van der Waals surface area contributed by atoms with Gasteiger partial charge in [0, 0.05) is 18.9 Å². The van der Waals surface area contributed by atoms with Crippen LogP contribution < -0.4 is 10.6 Å². The number of nitrogens with one attached hydrogen (secondary N) is 2. The van der Waals surface area contributed by atoms with E-state index in [1.54, 1.807) is 69.6 Å².